The highest BCUT2D eigenvalue weighted by atomic mass is 32.2. The van der Waals surface area contributed by atoms with Crippen molar-refractivity contribution in [2.45, 2.75) is 175 Å². The van der Waals surface area contributed by atoms with Gasteiger partial charge in [-0.25, -0.2) is 8.42 Å². The smallest absolute Gasteiger partial charge is 0.262 e. The van der Waals surface area contributed by atoms with Crippen LogP contribution < -0.4 is 24.8 Å². The molecule has 0 saturated carbocycles. The Bertz CT molecular complexity index is 2180. The van der Waals surface area contributed by atoms with E-state index in [1.165, 1.54) is 24.0 Å². The van der Waals surface area contributed by atoms with Crippen molar-refractivity contribution in [1.29, 1.82) is 0 Å². The summed E-state index contributed by atoms with van der Waals surface area (Å²) in [4.78, 5) is 14.4. The van der Waals surface area contributed by atoms with Gasteiger partial charge < -0.3 is 20.1 Å². The van der Waals surface area contributed by atoms with Crippen LogP contribution in [0.15, 0.2) is 77.7 Å². The van der Waals surface area contributed by atoms with Gasteiger partial charge in [0.05, 0.1) is 29.4 Å². The van der Waals surface area contributed by atoms with Crippen LogP contribution in [0.4, 0.5) is 17.1 Å². The molecule has 0 heterocycles. The minimum absolute atomic E-state index is 0.0204. The number of carbonyl (C=O) groups is 1. The Kier molecular flexibility index (Phi) is 18.6. The van der Waals surface area contributed by atoms with Crippen molar-refractivity contribution in [2.24, 2.45) is 0 Å². The van der Waals surface area contributed by atoms with E-state index in [-0.39, 0.29) is 34.5 Å². The Hall–Kier alpha value is -4.50. The number of sulfonamides is 1. The Labute approximate surface area is 381 Å². The van der Waals surface area contributed by atoms with Crippen molar-refractivity contribution in [3.05, 3.63) is 106 Å². The number of hydrogen-bond donors (Lipinski definition) is 3. The van der Waals surface area contributed by atoms with E-state index in [4.69, 9.17) is 9.47 Å². The van der Waals surface area contributed by atoms with Crippen LogP contribution >= 0.6 is 0 Å². The molecule has 9 heteroatoms. The van der Waals surface area contributed by atoms with Gasteiger partial charge in [-0.1, -0.05) is 134 Å². The molecular weight excluding hydrogens is 803 g/mol. The molecule has 0 spiro atoms. The fourth-order valence-electron chi connectivity index (χ4n) is 7.53. The van der Waals surface area contributed by atoms with Crippen LogP contribution in [0.2, 0.25) is 0 Å². The number of amides is 1. The van der Waals surface area contributed by atoms with E-state index in [0.717, 1.165) is 66.0 Å². The van der Waals surface area contributed by atoms with Gasteiger partial charge in [0.15, 0.2) is 0 Å². The van der Waals surface area contributed by atoms with Crippen LogP contribution in [0.5, 0.6) is 11.5 Å². The highest BCUT2D eigenvalue weighted by Crippen LogP contribution is 2.39. The summed E-state index contributed by atoms with van der Waals surface area (Å²) in [5.74, 6) is 1.61. The van der Waals surface area contributed by atoms with Crippen molar-refractivity contribution >= 4 is 33.0 Å². The first-order valence-corrected chi connectivity index (χ1v) is 25.1. The van der Waals surface area contributed by atoms with E-state index < -0.39 is 10.0 Å². The molecule has 0 aliphatic heterocycles. The third kappa shape index (κ3) is 14.0. The van der Waals surface area contributed by atoms with E-state index in [1.807, 2.05) is 64.1 Å². The van der Waals surface area contributed by atoms with Gasteiger partial charge in [0.1, 0.15) is 11.5 Å². The molecule has 0 aliphatic rings. The Morgan fingerprint density at radius 1 is 0.651 bits per heavy atom. The van der Waals surface area contributed by atoms with Gasteiger partial charge in [0.25, 0.3) is 15.9 Å². The fourth-order valence-corrected chi connectivity index (χ4v) is 9.28. The zero-order chi connectivity index (χ0) is 46.5. The van der Waals surface area contributed by atoms with E-state index >= 15 is 0 Å². The molecule has 3 N–H and O–H groups in total. The second kappa shape index (κ2) is 22.9. The number of rotatable bonds is 25. The van der Waals surface area contributed by atoms with Gasteiger partial charge in [0, 0.05) is 23.5 Å². The van der Waals surface area contributed by atoms with E-state index in [2.05, 4.69) is 95.9 Å². The Morgan fingerprint density at radius 2 is 1.25 bits per heavy atom. The number of benzene rings is 4. The summed E-state index contributed by atoms with van der Waals surface area (Å²) in [6.07, 6.45) is 8.04. The summed E-state index contributed by atoms with van der Waals surface area (Å²) in [5.41, 5.74) is 7.25. The van der Waals surface area contributed by atoms with E-state index in [9.17, 15) is 13.2 Å². The highest BCUT2D eigenvalue weighted by Gasteiger charge is 2.29. The van der Waals surface area contributed by atoms with E-state index in [0.29, 0.717) is 48.0 Å². The molecule has 4 rings (SSSR count). The number of nitrogens with one attached hydrogen (secondary N) is 3. The van der Waals surface area contributed by atoms with Gasteiger partial charge >= 0.3 is 0 Å². The van der Waals surface area contributed by atoms with Crippen LogP contribution in [0.25, 0.3) is 0 Å². The predicted molar refractivity (Wildman–Crippen MR) is 265 cm³/mol. The van der Waals surface area contributed by atoms with Crippen LogP contribution in [-0.2, 0) is 20.9 Å². The molecule has 346 valence electrons. The van der Waals surface area contributed by atoms with Gasteiger partial charge in [0.2, 0.25) is 0 Å². The first-order chi connectivity index (χ1) is 29.7. The molecule has 0 aliphatic carbocycles. The quantitative estimate of drug-likeness (QED) is 0.0573. The topological polar surface area (TPSA) is 106 Å². The maximum absolute atomic E-state index is 14.4. The number of unbranched alkanes of at least 4 members (excludes halogenated alkanes) is 4. The predicted octanol–water partition coefficient (Wildman–Crippen LogP) is 14.5. The zero-order valence-electron chi connectivity index (χ0n) is 40.9. The van der Waals surface area contributed by atoms with E-state index in [1.54, 1.807) is 18.2 Å². The summed E-state index contributed by atoms with van der Waals surface area (Å²) in [6, 6.07) is 23.5. The lowest BCUT2D eigenvalue weighted by atomic mass is 9.76. The second-order valence-corrected chi connectivity index (χ2v) is 21.0. The molecule has 4 aromatic carbocycles. The lowest BCUT2D eigenvalue weighted by Crippen LogP contribution is -2.26. The standard InChI is InChI=1S/C54H79N3O5S/c1-14-17-18-20-31-61-44-26-23-42(24-27-44)56-49-28-25-43(57-63(59,60)51-45(38(6)7)33-40(37(4)5)34-46(51)39(8)9)36-47(49)52(58)55-30-19-21-32-62-50-29-22-41(53(10,11)15-2)35-48(50)54(12,13)16-3/h22-29,33-39,56-57H,14-21,30-32H2,1-13H3,(H,55,58). The molecular formula is C54H79N3O5S. The minimum atomic E-state index is -4.04. The maximum atomic E-state index is 14.4. The van der Waals surface area contributed by atoms with Crippen molar-refractivity contribution in [3.8, 4) is 11.5 Å². The summed E-state index contributed by atoms with van der Waals surface area (Å²) in [5, 5.41) is 6.51. The summed E-state index contributed by atoms with van der Waals surface area (Å²) in [7, 11) is -4.04. The van der Waals surface area contributed by atoms with Gasteiger partial charge in [-0.15, -0.1) is 0 Å². The first-order valence-electron chi connectivity index (χ1n) is 23.6. The third-order valence-electron chi connectivity index (χ3n) is 12.6. The van der Waals surface area contributed by atoms with Crippen molar-refractivity contribution in [3.63, 3.8) is 0 Å². The Morgan fingerprint density at radius 3 is 1.84 bits per heavy atom. The third-order valence-corrected chi connectivity index (χ3v) is 14.1. The maximum Gasteiger partial charge on any atom is 0.262 e. The number of ether oxygens (including phenoxy) is 2. The van der Waals surface area contributed by atoms with Crippen molar-refractivity contribution in [2.75, 3.05) is 29.8 Å². The first kappa shape index (κ1) is 51.1. The molecule has 0 bridgehead atoms. The highest BCUT2D eigenvalue weighted by molar-refractivity contribution is 7.92. The fraction of sp³-hybridized carbons (Fsp3) is 0.537. The van der Waals surface area contributed by atoms with Crippen LogP contribution in [-0.4, -0.2) is 34.1 Å². The summed E-state index contributed by atoms with van der Waals surface area (Å²) in [6.45, 7) is 29.7. The molecule has 63 heavy (non-hydrogen) atoms. The van der Waals surface area contributed by atoms with Gasteiger partial charge in [-0.2, -0.15) is 0 Å². The average molecular weight is 882 g/mol. The van der Waals surface area contributed by atoms with Crippen molar-refractivity contribution < 1.29 is 22.7 Å². The Balaban J connectivity index is 1.56. The zero-order valence-corrected chi connectivity index (χ0v) is 41.7. The van der Waals surface area contributed by atoms with Crippen LogP contribution in [0, 0.1) is 0 Å². The molecule has 0 saturated heterocycles. The normalized spacial score (nSPS) is 12.3. The minimum Gasteiger partial charge on any atom is -0.494 e. The molecule has 4 aromatic rings. The van der Waals surface area contributed by atoms with Crippen LogP contribution in [0.1, 0.15) is 197 Å². The van der Waals surface area contributed by atoms with Crippen LogP contribution in [0.3, 0.4) is 0 Å². The molecule has 0 aromatic heterocycles. The number of carbonyl (C=O) groups excluding carboxylic acids is 1. The lowest BCUT2D eigenvalue weighted by Gasteiger charge is -2.30. The lowest BCUT2D eigenvalue weighted by molar-refractivity contribution is 0.0953. The molecule has 1 amide bonds. The summed E-state index contributed by atoms with van der Waals surface area (Å²) >= 11 is 0. The summed E-state index contributed by atoms with van der Waals surface area (Å²) < 4.78 is 44.1. The SMILES string of the molecule is CCCCCCOc1ccc(Nc2ccc(NS(=O)(=O)c3c(C(C)C)cc(C(C)C)cc3C(C)C)cc2C(=O)NCCCCOc2ccc(C(C)(C)CC)cc2C(C)(C)CC)cc1. The molecule has 0 atom stereocenters. The molecule has 0 fully saturated rings. The number of anilines is 3. The monoisotopic (exact) mass is 882 g/mol. The molecule has 8 nitrogen and oxygen atoms in total. The van der Waals surface area contributed by atoms with Gasteiger partial charge in [-0.3, -0.25) is 9.52 Å². The average Bonchev–Trinajstić information content (AvgIpc) is 3.24. The van der Waals surface area contributed by atoms with Gasteiger partial charge in [-0.05, 0) is 131 Å². The number of hydrogen-bond acceptors (Lipinski definition) is 6. The van der Waals surface area contributed by atoms with Crippen molar-refractivity contribution in [1.82, 2.24) is 5.32 Å². The second-order valence-electron chi connectivity index (χ2n) is 19.4. The molecule has 0 radical (unpaired) electrons. The molecule has 0 unspecified atom stereocenters. The largest absolute Gasteiger partial charge is 0.494 e.